The number of pyridine rings is 3. The molecule has 5 unspecified atom stereocenters. The number of hydrogen-bond acceptors (Lipinski definition) is 4. The number of hydrogen-bond donors (Lipinski definition) is 0. The van der Waals surface area contributed by atoms with E-state index in [1.165, 1.54) is 5.56 Å². The Labute approximate surface area is 338 Å². The smallest absolute Gasteiger partial charge is 0.409 e. The van der Waals surface area contributed by atoms with Crippen LogP contribution < -0.4 is 18.4 Å². The van der Waals surface area contributed by atoms with Crippen molar-refractivity contribution in [1.29, 1.82) is 0 Å². The molecule has 7 heterocycles. The molecule has 1 aliphatic carbocycles. The number of benzene rings is 5. The Balaban J connectivity index is 1.18. The fourth-order valence-corrected chi connectivity index (χ4v) is 10.5. The zero-order valence-electron chi connectivity index (χ0n) is 32.0. The number of carbonyl (C=O) groups excluding carboxylic acids is 1. The number of nitrogens with zero attached hydrogens (tertiary/aromatic N) is 3. The number of ether oxygens (including phenoxy) is 2. The van der Waals surface area contributed by atoms with Gasteiger partial charge in [-0.2, -0.15) is 9.13 Å². The molecule has 3 aliphatic heterocycles. The predicted octanol–water partition coefficient (Wildman–Crippen LogP) is 9.88. The summed E-state index contributed by atoms with van der Waals surface area (Å²) in [5.74, 6) is 0.670. The van der Waals surface area contributed by atoms with Crippen molar-refractivity contribution < 1.29 is 32.4 Å². The van der Waals surface area contributed by atoms with Gasteiger partial charge in [0.05, 0.1) is 11.1 Å². The molecule has 280 valence electrons. The Morgan fingerprint density at radius 1 is 0.610 bits per heavy atom. The molecule has 4 aromatic heterocycles. The van der Waals surface area contributed by atoms with Crippen LogP contribution >= 0.6 is 0 Å². The summed E-state index contributed by atoms with van der Waals surface area (Å²) in [4.78, 5) is 14.1. The van der Waals surface area contributed by atoms with Crippen molar-refractivity contribution in [3.8, 4) is 28.3 Å². The first kappa shape index (κ1) is 32.7. The van der Waals surface area contributed by atoms with E-state index in [0.717, 1.165) is 83.1 Å². The van der Waals surface area contributed by atoms with Crippen LogP contribution in [0.3, 0.4) is 0 Å². The van der Waals surface area contributed by atoms with Gasteiger partial charge in [0, 0.05) is 75.0 Å². The Morgan fingerprint density at radius 3 is 2.25 bits per heavy atom. The van der Waals surface area contributed by atoms with E-state index in [1.54, 1.807) is 0 Å². The number of aryl methyl sites for hydroxylation is 1. The molecule has 5 atom stereocenters. The topological polar surface area (TPSA) is 60.3 Å². The van der Waals surface area contributed by atoms with Crippen LogP contribution in [0, 0.1) is 6.92 Å². The first-order chi connectivity index (χ1) is 29.1. The summed E-state index contributed by atoms with van der Waals surface area (Å²) in [7, 11) is 0. The normalized spacial score (nSPS) is 20.1. The average molecular weight is 767 g/mol. The molecule has 0 fully saturated rings. The highest BCUT2D eigenvalue weighted by Gasteiger charge is 2.61. The third-order valence-electron chi connectivity index (χ3n) is 13.1. The van der Waals surface area contributed by atoms with Crippen molar-refractivity contribution in [2.24, 2.45) is 0 Å². The molecule has 0 N–H and O–H groups in total. The largest absolute Gasteiger partial charge is 0.484 e. The maximum Gasteiger partial charge on any atom is 0.409 e. The molecule has 7 nitrogen and oxygen atoms in total. The van der Waals surface area contributed by atoms with Gasteiger partial charge in [-0.05, 0) is 61.0 Å². The monoisotopic (exact) mass is 766 g/mol. The van der Waals surface area contributed by atoms with Crippen LogP contribution in [0.25, 0.3) is 66.3 Å². The van der Waals surface area contributed by atoms with Crippen LogP contribution in [0.15, 0.2) is 174 Å². The molecule has 0 spiro atoms. The van der Waals surface area contributed by atoms with Gasteiger partial charge in [-0.3, -0.25) is 0 Å². The van der Waals surface area contributed by atoms with Crippen molar-refractivity contribution >= 4 is 49.7 Å². The van der Waals surface area contributed by atoms with Gasteiger partial charge in [-0.25, -0.2) is 4.79 Å². The second-order valence-electron chi connectivity index (χ2n) is 16.1. The van der Waals surface area contributed by atoms with Crippen LogP contribution in [0.1, 0.15) is 51.4 Å². The number of fused-ring (bicyclic) bond motifs is 14. The van der Waals surface area contributed by atoms with Crippen LogP contribution in [0.2, 0.25) is 0 Å². The van der Waals surface area contributed by atoms with Gasteiger partial charge < -0.3 is 13.9 Å². The lowest BCUT2D eigenvalue weighted by Crippen LogP contribution is -2.60. The van der Waals surface area contributed by atoms with E-state index < -0.39 is 12.3 Å². The molecule has 0 radical (unpaired) electrons. The predicted molar refractivity (Wildman–Crippen MR) is 225 cm³/mol. The summed E-state index contributed by atoms with van der Waals surface area (Å²) in [6.45, 7) is 2.17. The zero-order chi connectivity index (χ0) is 38.9. The van der Waals surface area contributed by atoms with Gasteiger partial charge in [0.15, 0.2) is 6.20 Å². The fourth-order valence-electron chi connectivity index (χ4n) is 10.5. The van der Waals surface area contributed by atoms with Crippen LogP contribution in [-0.4, -0.2) is 12.1 Å². The minimum absolute atomic E-state index is 0.0832. The molecule has 0 saturated heterocycles. The molecule has 59 heavy (non-hydrogen) atoms. The number of para-hydroxylation sites is 3. The average Bonchev–Trinajstić information content (AvgIpc) is 4.03. The van der Waals surface area contributed by atoms with Crippen molar-refractivity contribution in [3.05, 3.63) is 192 Å². The highest BCUT2D eigenvalue weighted by atomic mass is 16.6. The van der Waals surface area contributed by atoms with E-state index in [2.05, 4.69) is 150 Å². The van der Waals surface area contributed by atoms with Crippen LogP contribution in [0.5, 0.6) is 5.75 Å². The second kappa shape index (κ2) is 12.1. The lowest BCUT2D eigenvalue weighted by molar-refractivity contribution is -0.853. The van der Waals surface area contributed by atoms with Gasteiger partial charge in [-0.1, -0.05) is 78.9 Å². The Hall–Kier alpha value is -7.38. The third-order valence-corrected chi connectivity index (χ3v) is 13.1. The number of allylic oxidation sites excluding steroid dienone is 2. The molecule has 7 heteroatoms. The molecule has 4 aliphatic rings. The number of cyclic esters (lactones) is 1. The molecular weight excluding hydrogens is 731 g/mol. The number of furan rings is 1. The lowest BCUT2D eigenvalue weighted by atomic mass is 9.89. The number of rotatable bonds is 4. The third kappa shape index (κ3) is 4.47. The Morgan fingerprint density at radius 2 is 1.36 bits per heavy atom. The number of carbonyl (C=O) groups is 1. The summed E-state index contributed by atoms with van der Waals surface area (Å²) in [5, 5.41) is 4.33. The summed E-state index contributed by atoms with van der Waals surface area (Å²) in [5.41, 5.74) is 11.8. The standard InChI is InChI=1S/C52H36N3O4/c1-30-21-24-35-33-14-4-8-19-43(33)57-49(35)45(30)40-27-22-32-13-3-7-17-39(32)55(40)48(51-53-29-11-10-18-42(53)52(56)59-51)47-37-26-25-36-34-15-5-9-20-44(34)58-50(36)46(37)41-28-23-31-12-2-6-16-38(31)54(41)47/h2-29,33,43,47-48,51H,1H3/q+3. The van der Waals surface area contributed by atoms with Gasteiger partial charge in [-0.15, -0.1) is 4.57 Å². The molecule has 5 aromatic carbocycles. The van der Waals surface area contributed by atoms with E-state index in [-0.39, 0.29) is 24.0 Å². The summed E-state index contributed by atoms with van der Waals surface area (Å²) in [6, 6.07) is 48.0. The minimum atomic E-state index is -0.735. The van der Waals surface area contributed by atoms with E-state index in [9.17, 15) is 4.79 Å². The number of esters is 1. The van der Waals surface area contributed by atoms with Crippen LogP contribution in [0.4, 0.5) is 0 Å². The van der Waals surface area contributed by atoms with Gasteiger partial charge in [0.2, 0.25) is 22.4 Å². The fraction of sp³-hybridized carbons (Fsp3) is 0.115. The lowest BCUT2D eigenvalue weighted by Gasteiger charge is -2.23. The van der Waals surface area contributed by atoms with Gasteiger partial charge >= 0.3 is 18.2 Å². The maximum absolute atomic E-state index is 14.1. The molecule has 9 aromatic rings. The molecule has 0 bridgehead atoms. The van der Waals surface area contributed by atoms with Gasteiger partial charge in [0.25, 0.3) is 11.7 Å². The second-order valence-corrected chi connectivity index (χ2v) is 16.1. The quantitative estimate of drug-likeness (QED) is 0.132. The summed E-state index contributed by atoms with van der Waals surface area (Å²) in [6.07, 6.45) is 9.74. The first-order valence-electron chi connectivity index (χ1n) is 20.3. The molecular formula is C52H36N3O4+3. The SMILES string of the molecule is Cc1ccc2c(c1-c1ccc3ccccc3[n+]1C(C1OC(=O)c3cccc[n+]31)C1c3ccc4c(oc5ccccc54)c3-c3ccc4ccccc4[n+]31)OC1C=CC=CC21. The van der Waals surface area contributed by atoms with E-state index in [1.807, 2.05) is 41.1 Å². The minimum Gasteiger partial charge on any atom is -0.484 e. The van der Waals surface area contributed by atoms with E-state index >= 15 is 0 Å². The van der Waals surface area contributed by atoms with Crippen molar-refractivity contribution in [2.45, 2.75) is 37.3 Å². The van der Waals surface area contributed by atoms with Crippen molar-refractivity contribution in [2.75, 3.05) is 0 Å². The highest BCUT2D eigenvalue weighted by Crippen LogP contribution is 2.51. The summed E-state index contributed by atoms with van der Waals surface area (Å²) >= 11 is 0. The van der Waals surface area contributed by atoms with Crippen molar-refractivity contribution in [3.63, 3.8) is 0 Å². The van der Waals surface area contributed by atoms with Gasteiger partial charge in [0.1, 0.15) is 23.0 Å². The zero-order valence-corrected chi connectivity index (χ0v) is 32.0. The van der Waals surface area contributed by atoms with E-state index in [4.69, 9.17) is 13.9 Å². The highest BCUT2D eigenvalue weighted by molar-refractivity contribution is 6.10. The van der Waals surface area contributed by atoms with Crippen molar-refractivity contribution in [1.82, 2.24) is 0 Å². The summed E-state index contributed by atoms with van der Waals surface area (Å²) < 4.78 is 27.4. The Bertz CT molecular complexity index is 3380. The van der Waals surface area contributed by atoms with Crippen LogP contribution in [-0.2, 0) is 4.74 Å². The maximum atomic E-state index is 14.1. The molecule has 0 saturated carbocycles. The van der Waals surface area contributed by atoms with E-state index in [0.29, 0.717) is 5.69 Å². The molecule has 0 amide bonds. The molecule has 13 rings (SSSR count). The number of aromatic nitrogens is 3. The Kier molecular flexibility index (Phi) is 6.68. The first-order valence-corrected chi connectivity index (χ1v) is 20.3.